The summed E-state index contributed by atoms with van der Waals surface area (Å²) >= 11 is 8.85. The number of aromatic nitrogens is 3. The predicted octanol–water partition coefficient (Wildman–Crippen LogP) is 6.35. The molecule has 3 aromatic carbocycles. The normalized spacial score (nSPS) is 11.7. The molecular weight excluding hydrogens is 510 g/mol. The molecule has 0 amide bonds. The number of hydrogen-bond acceptors (Lipinski definition) is 7. The number of fused-ring (bicyclic) bond motifs is 1. The van der Waals surface area contributed by atoms with Gasteiger partial charge in [0.2, 0.25) is 0 Å². The van der Waals surface area contributed by atoms with Crippen molar-refractivity contribution in [1.82, 2.24) is 13.9 Å². The lowest BCUT2D eigenvalue weighted by molar-refractivity contribution is 0.414. The number of ether oxygens (including phenoxy) is 1. The van der Waals surface area contributed by atoms with Gasteiger partial charge in [-0.3, -0.25) is 0 Å². The van der Waals surface area contributed by atoms with Crippen LogP contribution in [0, 0.1) is 0 Å². The fourth-order valence-corrected chi connectivity index (χ4v) is 7.06. The van der Waals surface area contributed by atoms with E-state index in [0.717, 1.165) is 16.3 Å². The number of thioether (sulfide) groups is 1. The first kappa shape index (κ1) is 22.9. The Morgan fingerprint density at radius 3 is 2.47 bits per heavy atom. The Morgan fingerprint density at radius 2 is 1.74 bits per heavy atom. The molecule has 0 saturated heterocycles. The molecule has 0 N–H and O–H groups in total. The van der Waals surface area contributed by atoms with Crippen LogP contribution in [-0.4, -0.2) is 29.5 Å². The summed E-state index contributed by atoms with van der Waals surface area (Å²) in [4.78, 5) is 9.48. The third-order valence-corrected chi connectivity index (χ3v) is 9.08. The summed E-state index contributed by atoms with van der Waals surface area (Å²) in [5.74, 6) is 1.06. The van der Waals surface area contributed by atoms with Crippen molar-refractivity contribution in [3.8, 4) is 16.3 Å². The first-order chi connectivity index (χ1) is 16.5. The van der Waals surface area contributed by atoms with E-state index >= 15 is 0 Å². The third-order valence-electron chi connectivity index (χ3n) is 5.08. The van der Waals surface area contributed by atoms with Crippen LogP contribution in [0.15, 0.2) is 88.2 Å². The molecule has 0 aliphatic carbocycles. The molecule has 0 unspecified atom stereocenters. The summed E-state index contributed by atoms with van der Waals surface area (Å²) in [6.45, 7) is 0. The Hall–Kier alpha value is -2.85. The fourth-order valence-electron chi connectivity index (χ4n) is 3.40. The highest BCUT2D eigenvalue weighted by Crippen LogP contribution is 2.32. The second-order valence-electron chi connectivity index (χ2n) is 7.27. The Labute approximate surface area is 210 Å². The van der Waals surface area contributed by atoms with Crippen molar-refractivity contribution in [2.24, 2.45) is 0 Å². The van der Waals surface area contributed by atoms with Gasteiger partial charge in [-0.05, 0) is 48.5 Å². The van der Waals surface area contributed by atoms with Crippen molar-refractivity contribution in [3.63, 3.8) is 0 Å². The van der Waals surface area contributed by atoms with E-state index in [-0.39, 0.29) is 4.90 Å². The van der Waals surface area contributed by atoms with E-state index < -0.39 is 10.0 Å². The van der Waals surface area contributed by atoms with E-state index in [4.69, 9.17) is 21.3 Å². The van der Waals surface area contributed by atoms with E-state index in [0.29, 0.717) is 32.7 Å². The molecule has 5 rings (SSSR count). The number of imidazole rings is 1. The van der Waals surface area contributed by atoms with Crippen LogP contribution in [0.3, 0.4) is 0 Å². The molecule has 2 aromatic heterocycles. The van der Waals surface area contributed by atoms with Gasteiger partial charge in [0.05, 0.1) is 28.7 Å². The SMILES string of the molecule is COc1ccc(S(=O)(=O)n2c(SCc3csc(-c4ccc(Cl)cc4)n3)nc3ccccc32)cc1. The van der Waals surface area contributed by atoms with Crippen LogP contribution in [-0.2, 0) is 15.8 Å². The number of thiazole rings is 1. The van der Waals surface area contributed by atoms with Gasteiger partial charge in [-0.15, -0.1) is 11.3 Å². The summed E-state index contributed by atoms with van der Waals surface area (Å²) in [6, 6.07) is 21.1. The fraction of sp³-hybridized carbons (Fsp3) is 0.0833. The molecule has 0 atom stereocenters. The van der Waals surface area contributed by atoms with Crippen LogP contribution in [0.25, 0.3) is 21.6 Å². The van der Waals surface area contributed by atoms with Crippen LogP contribution >= 0.6 is 34.7 Å². The van der Waals surface area contributed by atoms with Crippen LogP contribution in [0.1, 0.15) is 5.69 Å². The number of benzene rings is 3. The zero-order chi connectivity index (χ0) is 23.7. The van der Waals surface area contributed by atoms with Gasteiger partial charge < -0.3 is 4.74 Å². The largest absolute Gasteiger partial charge is 0.497 e. The summed E-state index contributed by atoms with van der Waals surface area (Å²) in [7, 11) is -2.34. The van der Waals surface area contributed by atoms with E-state index in [9.17, 15) is 8.42 Å². The zero-order valence-corrected chi connectivity index (χ0v) is 21.1. The molecule has 0 saturated carbocycles. The van der Waals surface area contributed by atoms with Gasteiger partial charge in [0.25, 0.3) is 10.0 Å². The Bertz CT molecular complexity index is 1560. The second kappa shape index (κ2) is 9.42. The van der Waals surface area contributed by atoms with E-state index in [2.05, 4.69) is 4.98 Å². The maximum absolute atomic E-state index is 13.6. The molecule has 172 valence electrons. The Kier molecular flexibility index (Phi) is 6.35. The first-order valence-corrected chi connectivity index (χ1v) is 13.8. The highest BCUT2D eigenvalue weighted by molar-refractivity contribution is 7.99. The standard InChI is InChI=1S/C24H18ClN3O3S3/c1-31-19-10-12-20(13-11-19)34(29,30)28-22-5-3-2-4-21(22)27-24(28)33-15-18-14-32-23(26-18)16-6-8-17(25)9-7-16/h2-14H,15H2,1H3. The Morgan fingerprint density at radius 1 is 1.00 bits per heavy atom. The van der Waals surface area contributed by atoms with E-state index in [1.54, 1.807) is 37.4 Å². The number of hydrogen-bond donors (Lipinski definition) is 0. The molecule has 0 aliphatic rings. The number of methoxy groups -OCH3 is 1. The lowest BCUT2D eigenvalue weighted by atomic mass is 10.2. The van der Waals surface area contributed by atoms with Gasteiger partial charge in [0, 0.05) is 21.7 Å². The van der Waals surface area contributed by atoms with Crippen molar-refractivity contribution in [2.45, 2.75) is 15.8 Å². The monoisotopic (exact) mass is 527 g/mol. The molecule has 2 heterocycles. The highest BCUT2D eigenvalue weighted by Gasteiger charge is 2.25. The van der Waals surface area contributed by atoms with Gasteiger partial charge in [0.15, 0.2) is 5.16 Å². The Balaban J connectivity index is 1.47. The van der Waals surface area contributed by atoms with Crippen LogP contribution < -0.4 is 4.74 Å². The quantitative estimate of drug-likeness (QED) is 0.229. The molecule has 0 spiro atoms. The smallest absolute Gasteiger partial charge is 0.270 e. The minimum absolute atomic E-state index is 0.164. The molecular formula is C24H18ClN3O3S3. The molecule has 5 aromatic rings. The maximum atomic E-state index is 13.6. The minimum Gasteiger partial charge on any atom is -0.497 e. The summed E-state index contributed by atoms with van der Waals surface area (Å²) < 4.78 is 33.7. The van der Waals surface area contributed by atoms with Crippen molar-refractivity contribution in [1.29, 1.82) is 0 Å². The second-order valence-corrected chi connectivity index (χ2v) is 11.3. The predicted molar refractivity (Wildman–Crippen MR) is 137 cm³/mol. The maximum Gasteiger partial charge on any atom is 0.270 e. The number of rotatable bonds is 7. The van der Waals surface area contributed by atoms with Gasteiger partial charge in [-0.2, -0.15) is 0 Å². The van der Waals surface area contributed by atoms with Gasteiger partial charge >= 0.3 is 0 Å². The molecule has 0 bridgehead atoms. The lowest BCUT2D eigenvalue weighted by Gasteiger charge is -2.10. The molecule has 6 nitrogen and oxygen atoms in total. The van der Waals surface area contributed by atoms with Crippen LogP contribution in [0.2, 0.25) is 5.02 Å². The van der Waals surface area contributed by atoms with Crippen molar-refractivity contribution in [3.05, 3.63) is 88.9 Å². The lowest BCUT2D eigenvalue weighted by Crippen LogP contribution is -2.14. The van der Waals surface area contributed by atoms with Crippen molar-refractivity contribution < 1.29 is 13.2 Å². The summed E-state index contributed by atoms with van der Waals surface area (Å²) in [5, 5.41) is 3.92. The number of nitrogens with zero attached hydrogens (tertiary/aromatic N) is 3. The van der Waals surface area contributed by atoms with Crippen molar-refractivity contribution in [2.75, 3.05) is 7.11 Å². The van der Waals surface area contributed by atoms with Crippen molar-refractivity contribution >= 4 is 55.8 Å². The first-order valence-electron chi connectivity index (χ1n) is 10.2. The minimum atomic E-state index is -3.88. The third kappa shape index (κ3) is 4.44. The topological polar surface area (TPSA) is 74.1 Å². The average molecular weight is 528 g/mol. The molecule has 0 radical (unpaired) electrons. The summed E-state index contributed by atoms with van der Waals surface area (Å²) in [6.07, 6.45) is 0. The highest BCUT2D eigenvalue weighted by atomic mass is 35.5. The molecule has 0 aliphatic heterocycles. The van der Waals surface area contributed by atoms with Crippen LogP contribution in [0.4, 0.5) is 0 Å². The average Bonchev–Trinajstić information content (AvgIpc) is 3.48. The van der Waals surface area contributed by atoms with E-state index in [1.807, 2.05) is 35.7 Å². The van der Waals surface area contributed by atoms with Gasteiger partial charge in [0.1, 0.15) is 10.8 Å². The van der Waals surface area contributed by atoms with Gasteiger partial charge in [-0.25, -0.2) is 22.4 Å². The number of para-hydroxylation sites is 2. The molecule has 0 fully saturated rings. The van der Waals surface area contributed by atoms with Gasteiger partial charge in [-0.1, -0.05) is 47.6 Å². The molecule has 10 heteroatoms. The molecule has 34 heavy (non-hydrogen) atoms. The van der Waals surface area contributed by atoms with Crippen LogP contribution in [0.5, 0.6) is 5.75 Å². The summed E-state index contributed by atoms with van der Waals surface area (Å²) in [5.41, 5.74) is 2.98. The zero-order valence-electron chi connectivity index (χ0n) is 17.9. The van der Waals surface area contributed by atoms with E-state index in [1.165, 1.54) is 39.2 Å². The number of halogens is 1.